The van der Waals surface area contributed by atoms with E-state index >= 15 is 0 Å². The summed E-state index contributed by atoms with van der Waals surface area (Å²) in [5.74, 6) is -6.23. The maximum Gasteiger partial charge on any atom is 0.700 e. The summed E-state index contributed by atoms with van der Waals surface area (Å²) in [5, 5.41) is 34.6. The Morgan fingerprint density at radius 2 is 1.79 bits per heavy atom. The number of carbonyl (C=O) groups is 3. The SMILES string of the molecule is O=C(Cc1ccc(OC(=O)NCCCC(O)(OP(O)O)O[P+](=O)O)cc1)OCn1nnc(CCCCCCN2C(=O)CC[C@@H]2/C=C/[C@@H](O)C(F)(F)c2ccccc2)n1. The molecule has 0 spiro atoms. The second-order valence-corrected chi connectivity index (χ2v) is 14.4. The van der Waals surface area contributed by atoms with Crippen molar-refractivity contribution in [1.29, 1.82) is 0 Å². The van der Waals surface area contributed by atoms with Crippen LogP contribution in [-0.2, 0) is 53.4 Å². The van der Waals surface area contributed by atoms with Crippen molar-refractivity contribution in [3.05, 3.63) is 83.7 Å². The lowest BCUT2D eigenvalue weighted by Crippen LogP contribution is -2.34. The maximum atomic E-state index is 14.7. The summed E-state index contributed by atoms with van der Waals surface area (Å²) in [7, 11) is -6.44. The molecule has 2 unspecified atom stereocenters. The Labute approximate surface area is 333 Å². The fraction of sp³-hybridized carbons (Fsp3) is 0.486. The lowest BCUT2D eigenvalue weighted by molar-refractivity contribution is -0.279. The normalized spacial score (nSPS) is 16.4. The van der Waals surface area contributed by atoms with Crippen molar-refractivity contribution < 1.29 is 71.1 Å². The highest BCUT2D eigenvalue weighted by Gasteiger charge is 2.42. The average molecular weight is 858 g/mol. The van der Waals surface area contributed by atoms with Gasteiger partial charge in [0.2, 0.25) is 12.6 Å². The van der Waals surface area contributed by atoms with E-state index in [9.17, 15) is 37.9 Å². The van der Waals surface area contributed by atoms with Crippen molar-refractivity contribution in [2.24, 2.45) is 0 Å². The number of tetrazole rings is 1. The Bertz CT molecular complexity index is 1830. The molecule has 1 aliphatic heterocycles. The van der Waals surface area contributed by atoms with Crippen LogP contribution in [-0.4, -0.2) is 99.2 Å². The molecule has 6 N–H and O–H groups in total. The van der Waals surface area contributed by atoms with Crippen LogP contribution in [0.5, 0.6) is 5.75 Å². The van der Waals surface area contributed by atoms with E-state index in [1.54, 1.807) is 23.1 Å². The average Bonchev–Trinajstić information content (AvgIpc) is 3.78. The summed E-state index contributed by atoms with van der Waals surface area (Å²) in [6, 6.07) is 12.7. The zero-order valence-corrected chi connectivity index (χ0v) is 32.9. The van der Waals surface area contributed by atoms with E-state index in [4.69, 9.17) is 24.2 Å². The zero-order chi connectivity index (χ0) is 42.1. The van der Waals surface area contributed by atoms with E-state index in [1.807, 2.05) is 0 Å². The lowest BCUT2D eigenvalue weighted by atomic mass is 10.0. The van der Waals surface area contributed by atoms with Crippen molar-refractivity contribution in [2.45, 2.75) is 95.0 Å². The molecule has 1 aromatic heterocycles. The summed E-state index contributed by atoms with van der Waals surface area (Å²) < 4.78 is 59.1. The highest BCUT2D eigenvalue weighted by Crippen LogP contribution is 2.39. The molecule has 1 saturated heterocycles. The number of rotatable bonds is 24. The number of aliphatic hydroxyl groups is 2. The number of carbonyl (C=O) groups excluding carboxylic acids is 3. The first-order chi connectivity index (χ1) is 27.6. The highest BCUT2D eigenvalue weighted by molar-refractivity contribution is 7.39. The first kappa shape index (κ1) is 46.3. The first-order valence-electron chi connectivity index (χ1n) is 18.1. The molecule has 2 heterocycles. The van der Waals surface area contributed by atoms with Gasteiger partial charge in [0.15, 0.2) is 5.82 Å². The molecular formula is C35H45F2N6O13P2+. The van der Waals surface area contributed by atoms with E-state index < -0.39 is 53.3 Å². The third kappa shape index (κ3) is 15.4. The van der Waals surface area contributed by atoms with Gasteiger partial charge in [0.25, 0.3) is 0 Å². The molecule has 1 aliphatic rings. The fourth-order valence-electron chi connectivity index (χ4n) is 5.81. The summed E-state index contributed by atoms with van der Waals surface area (Å²) in [4.78, 5) is 66.4. The number of nitrogens with zero attached hydrogens (tertiary/aromatic N) is 5. The number of benzene rings is 2. The molecule has 316 valence electrons. The summed E-state index contributed by atoms with van der Waals surface area (Å²) >= 11 is 0. The van der Waals surface area contributed by atoms with Crippen LogP contribution in [0.4, 0.5) is 13.6 Å². The maximum absolute atomic E-state index is 14.7. The smallest absolute Gasteiger partial charge is 0.440 e. The number of esters is 1. The summed E-state index contributed by atoms with van der Waals surface area (Å²) in [5.41, 5.74) is 0.272. The van der Waals surface area contributed by atoms with E-state index in [0.717, 1.165) is 30.1 Å². The van der Waals surface area contributed by atoms with Gasteiger partial charge in [0.1, 0.15) is 11.9 Å². The number of halogens is 2. The van der Waals surface area contributed by atoms with Crippen molar-refractivity contribution in [3.63, 3.8) is 0 Å². The molecule has 4 rings (SSSR count). The van der Waals surface area contributed by atoms with Gasteiger partial charge in [-0.3, -0.25) is 14.1 Å². The predicted octanol–water partition coefficient (Wildman–Crippen LogP) is 3.63. The molecule has 2 amide bonds. The number of alkyl halides is 2. The number of hydrogen-bond donors (Lipinski definition) is 6. The van der Waals surface area contributed by atoms with Crippen LogP contribution in [0.2, 0.25) is 0 Å². The predicted molar refractivity (Wildman–Crippen MR) is 198 cm³/mol. The highest BCUT2D eigenvalue weighted by atomic mass is 31.2. The van der Waals surface area contributed by atoms with Crippen LogP contribution in [0, 0.1) is 0 Å². The number of aromatic nitrogens is 4. The van der Waals surface area contributed by atoms with Crippen LogP contribution in [0.1, 0.15) is 68.3 Å². The molecule has 0 bridgehead atoms. The molecule has 4 atom stereocenters. The van der Waals surface area contributed by atoms with Gasteiger partial charge in [-0.15, -0.1) is 19.9 Å². The molecule has 0 aliphatic carbocycles. The quantitative estimate of drug-likeness (QED) is 0.0247. The van der Waals surface area contributed by atoms with Gasteiger partial charge in [0.05, 0.1) is 12.5 Å². The van der Waals surface area contributed by atoms with Gasteiger partial charge in [-0.2, -0.15) is 8.78 Å². The van der Waals surface area contributed by atoms with Gasteiger partial charge in [0, 0.05) is 42.5 Å². The minimum Gasteiger partial charge on any atom is -0.440 e. The van der Waals surface area contributed by atoms with Crippen LogP contribution < -0.4 is 10.1 Å². The minimum absolute atomic E-state index is 0.0515. The molecule has 19 nitrogen and oxygen atoms in total. The molecule has 23 heteroatoms. The molecule has 0 saturated carbocycles. The molecule has 2 aromatic carbocycles. The third-order valence-corrected chi connectivity index (χ3v) is 9.56. The second kappa shape index (κ2) is 22.6. The van der Waals surface area contributed by atoms with Crippen molar-refractivity contribution in [3.8, 4) is 5.75 Å². The van der Waals surface area contributed by atoms with E-state index in [0.29, 0.717) is 43.6 Å². The van der Waals surface area contributed by atoms with Crippen LogP contribution >= 0.6 is 16.9 Å². The standard InChI is InChI=1S/C35H44F2N6O13P2/c36-35(37,26-9-4-3-5-10-26)29(44)18-14-27-15-19-31(45)42(27)22-7-2-1-6-11-30-39-41-43(40-30)24-53-32(46)23-25-12-16-28(17-13-25)54-33(47)38-21-8-20-34(48,55-57(49)50)56-58(51)52/h3-5,9-10,12-14,16-18,27,29,44,48-50H,1-2,6-8,11,15,19-24H2,(H-,38,47,51,52)/p+1/b18-14+/t27-,29+,34?/m0/s1. The third-order valence-electron chi connectivity index (χ3n) is 8.67. The number of unbranched alkanes of at least 4 members (excludes halogenated alkanes) is 3. The number of likely N-dealkylation sites (tertiary alicyclic amines) is 1. The van der Waals surface area contributed by atoms with E-state index in [1.165, 1.54) is 42.5 Å². The van der Waals surface area contributed by atoms with Crippen LogP contribution in [0.15, 0.2) is 66.7 Å². The number of aryl methyl sites for hydroxylation is 1. The number of amides is 2. The Kier molecular flexibility index (Phi) is 18.1. The van der Waals surface area contributed by atoms with Crippen LogP contribution in [0.25, 0.3) is 0 Å². The number of ether oxygens (including phenoxy) is 2. The van der Waals surface area contributed by atoms with Gasteiger partial charge in [-0.1, -0.05) is 72.0 Å². The fourth-order valence-corrected chi connectivity index (χ4v) is 6.62. The second-order valence-electron chi connectivity index (χ2n) is 13.0. The first-order valence-corrected chi connectivity index (χ1v) is 20.4. The van der Waals surface area contributed by atoms with Crippen molar-refractivity contribution >= 4 is 34.8 Å². The van der Waals surface area contributed by atoms with E-state index in [2.05, 4.69) is 29.8 Å². The number of hydrogen-bond acceptors (Lipinski definition) is 15. The largest absolute Gasteiger partial charge is 0.700 e. The van der Waals surface area contributed by atoms with Gasteiger partial charge in [-0.05, 0) is 48.6 Å². The Balaban J connectivity index is 1.08. The monoisotopic (exact) mass is 857 g/mol. The van der Waals surface area contributed by atoms with Crippen molar-refractivity contribution in [1.82, 2.24) is 30.4 Å². The summed E-state index contributed by atoms with van der Waals surface area (Å²) in [6.45, 7) is 0.0991. The molecule has 0 radical (unpaired) electrons. The molecular weight excluding hydrogens is 812 g/mol. The van der Waals surface area contributed by atoms with Gasteiger partial charge < -0.3 is 39.7 Å². The van der Waals surface area contributed by atoms with Gasteiger partial charge >= 0.3 is 40.8 Å². The molecule has 1 fully saturated rings. The Hall–Kier alpha value is -4.43. The minimum atomic E-state index is -3.46. The van der Waals surface area contributed by atoms with E-state index in [-0.39, 0.29) is 49.4 Å². The number of nitrogens with one attached hydrogen (secondary N) is 1. The summed E-state index contributed by atoms with van der Waals surface area (Å²) in [6.07, 6.45) is 3.42. The lowest BCUT2D eigenvalue weighted by Gasteiger charge is -2.24. The Morgan fingerprint density at radius 1 is 1.07 bits per heavy atom. The molecule has 58 heavy (non-hydrogen) atoms. The number of aliphatic hydroxyl groups excluding tert-OH is 1. The zero-order valence-electron chi connectivity index (χ0n) is 31.1. The van der Waals surface area contributed by atoms with Crippen LogP contribution in [0.3, 0.4) is 0 Å². The van der Waals surface area contributed by atoms with Gasteiger partial charge in [-0.25, -0.2) is 4.79 Å². The topological polar surface area (TPSA) is 265 Å². The van der Waals surface area contributed by atoms with Crippen molar-refractivity contribution in [2.75, 3.05) is 13.1 Å². The Morgan fingerprint density at radius 3 is 2.50 bits per heavy atom. The molecule has 3 aromatic rings.